The van der Waals surface area contributed by atoms with Crippen molar-refractivity contribution < 1.29 is 4.79 Å². The van der Waals surface area contributed by atoms with Gasteiger partial charge in [-0.3, -0.25) is 9.69 Å². The van der Waals surface area contributed by atoms with Gasteiger partial charge in [0.15, 0.2) is 0 Å². The largest absolute Gasteiger partial charge is 0.334 e. The highest BCUT2D eigenvalue weighted by atomic mass is 35.5. The molecule has 166 valence electrons. The van der Waals surface area contributed by atoms with Crippen LogP contribution >= 0.6 is 23.2 Å². The van der Waals surface area contributed by atoms with Gasteiger partial charge in [-0.15, -0.1) is 0 Å². The van der Waals surface area contributed by atoms with E-state index in [2.05, 4.69) is 29.2 Å². The van der Waals surface area contributed by atoms with Crippen LogP contribution in [0.4, 0.5) is 0 Å². The molecule has 1 saturated heterocycles. The molecule has 0 unspecified atom stereocenters. The van der Waals surface area contributed by atoms with Crippen molar-refractivity contribution >= 4 is 29.1 Å². The quantitative estimate of drug-likeness (QED) is 0.400. The minimum absolute atomic E-state index is 0.0550. The molecule has 32 heavy (non-hydrogen) atoms. The van der Waals surface area contributed by atoms with Gasteiger partial charge >= 0.3 is 0 Å². The maximum atomic E-state index is 13.5. The van der Waals surface area contributed by atoms with Gasteiger partial charge < -0.3 is 4.90 Å². The fourth-order valence-electron chi connectivity index (χ4n) is 4.31. The Morgan fingerprint density at radius 3 is 1.94 bits per heavy atom. The molecule has 0 spiro atoms. The summed E-state index contributed by atoms with van der Waals surface area (Å²) < 4.78 is 0. The molecule has 0 aliphatic carbocycles. The van der Waals surface area contributed by atoms with Crippen LogP contribution in [-0.2, 0) is 24.4 Å². The molecule has 0 aromatic heterocycles. The standard InChI is InChI=1S/C27H28Cl2N2O/c28-25-12-11-24(26(29)17-25)20-30-15-13-23(14-16-30)27(32)31(18-21-7-3-1-4-8-21)19-22-9-5-2-6-10-22/h1-12,17,23H,13-16,18-20H2. The fourth-order valence-corrected chi connectivity index (χ4v) is 4.77. The molecule has 1 amide bonds. The van der Waals surface area contributed by atoms with Crippen molar-refractivity contribution in [3.8, 4) is 0 Å². The summed E-state index contributed by atoms with van der Waals surface area (Å²) >= 11 is 12.4. The Morgan fingerprint density at radius 1 is 0.844 bits per heavy atom. The van der Waals surface area contributed by atoms with Crippen LogP contribution in [0.15, 0.2) is 78.9 Å². The lowest BCUT2D eigenvalue weighted by atomic mass is 9.94. The van der Waals surface area contributed by atoms with Gasteiger partial charge in [0.05, 0.1) is 0 Å². The minimum atomic E-state index is 0.0550. The highest BCUT2D eigenvalue weighted by Gasteiger charge is 2.29. The van der Waals surface area contributed by atoms with Gasteiger partial charge in [0.1, 0.15) is 0 Å². The molecule has 5 heteroatoms. The van der Waals surface area contributed by atoms with Crippen molar-refractivity contribution in [3.05, 3.63) is 106 Å². The zero-order chi connectivity index (χ0) is 22.3. The lowest BCUT2D eigenvalue weighted by Gasteiger charge is -2.34. The predicted molar refractivity (Wildman–Crippen MR) is 132 cm³/mol. The summed E-state index contributed by atoms with van der Waals surface area (Å²) in [5.74, 6) is 0.307. The van der Waals surface area contributed by atoms with E-state index in [-0.39, 0.29) is 11.8 Å². The number of carbonyl (C=O) groups excluding carboxylic acids is 1. The van der Waals surface area contributed by atoms with Crippen LogP contribution in [-0.4, -0.2) is 28.8 Å². The van der Waals surface area contributed by atoms with E-state index in [1.54, 1.807) is 6.07 Å². The number of hydrogen-bond acceptors (Lipinski definition) is 2. The smallest absolute Gasteiger partial charge is 0.226 e. The van der Waals surface area contributed by atoms with E-state index in [1.807, 2.05) is 53.4 Å². The average Bonchev–Trinajstić information content (AvgIpc) is 2.82. The SMILES string of the molecule is O=C(C1CCN(Cc2ccc(Cl)cc2Cl)CC1)N(Cc1ccccc1)Cc1ccccc1. The summed E-state index contributed by atoms with van der Waals surface area (Å²) in [4.78, 5) is 17.9. The van der Waals surface area contributed by atoms with Crippen LogP contribution in [0.2, 0.25) is 10.0 Å². The Morgan fingerprint density at radius 2 is 1.41 bits per heavy atom. The monoisotopic (exact) mass is 466 g/mol. The maximum Gasteiger partial charge on any atom is 0.226 e. The third kappa shape index (κ3) is 6.13. The van der Waals surface area contributed by atoms with Gasteiger partial charge in [0.25, 0.3) is 0 Å². The third-order valence-electron chi connectivity index (χ3n) is 6.09. The van der Waals surface area contributed by atoms with Gasteiger partial charge in [0.2, 0.25) is 5.91 Å². The van der Waals surface area contributed by atoms with Gasteiger partial charge in [-0.05, 0) is 54.8 Å². The van der Waals surface area contributed by atoms with Crippen molar-refractivity contribution in [2.75, 3.05) is 13.1 Å². The van der Waals surface area contributed by atoms with E-state index in [9.17, 15) is 4.79 Å². The molecule has 3 aromatic rings. The first-order valence-electron chi connectivity index (χ1n) is 11.1. The third-order valence-corrected chi connectivity index (χ3v) is 6.68. The van der Waals surface area contributed by atoms with Crippen molar-refractivity contribution in [1.82, 2.24) is 9.80 Å². The fraction of sp³-hybridized carbons (Fsp3) is 0.296. The molecule has 1 heterocycles. The summed E-state index contributed by atoms with van der Waals surface area (Å²) in [6, 6.07) is 26.1. The van der Waals surface area contributed by atoms with Crippen molar-refractivity contribution in [1.29, 1.82) is 0 Å². The summed E-state index contributed by atoms with van der Waals surface area (Å²) in [6.45, 7) is 3.83. The number of nitrogens with zero attached hydrogens (tertiary/aromatic N) is 2. The molecule has 0 N–H and O–H groups in total. The second kappa shape index (κ2) is 11.0. The van der Waals surface area contributed by atoms with Gasteiger partial charge in [-0.2, -0.15) is 0 Å². The van der Waals surface area contributed by atoms with Gasteiger partial charge in [0, 0.05) is 35.6 Å². The summed E-state index contributed by atoms with van der Waals surface area (Å²) in [7, 11) is 0. The van der Waals surface area contributed by atoms with E-state index in [1.165, 1.54) is 0 Å². The molecule has 3 nitrogen and oxygen atoms in total. The van der Waals surface area contributed by atoms with E-state index >= 15 is 0 Å². The van der Waals surface area contributed by atoms with Crippen LogP contribution < -0.4 is 0 Å². The van der Waals surface area contributed by atoms with Gasteiger partial charge in [-0.1, -0.05) is 89.9 Å². The first-order valence-corrected chi connectivity index (χ1v) is 11.9. The topological polar surface area (TPSA) is 23.6 Å². The molecular formula is C27H28Cl2N2O. The number of piperidine rings is 1. The van der Waals surface area contributed by atoms with Crippen LogP contribution in [0.25, 0.3) is 0 Å². The number of rotatable bonds is 7. The van der Waals surface area contributed by atoms with Crippen LogP contribution in [0, 0.1) is 5.92 Å². The normalized spacial score (nSPS) is 14.9. The Labute approximate surface area is 200 Å². The number of amides is 1. The number of carbonyl (C=O) groups is 1. The molecule has 0 saturated carbocycles. The highest BCUT2D eigenvalue weighted by molar-refractivity contribution is 6.35. The average molecular weight is 467 g/mol. The highest BCUT2D eigenvalue weighted by Crippen LogP contribution is 2.26. The Balaban J connectivity index is 1.40. The van der Waals surface area contributed by atoms with Crippen LogP contribution in [0.5, 0.6) is 0 Å². The Hall–Kier alpha value is -2.33. The van der Waals surface area contributed by atoms with Crippen LogP contribution in [0.1, 0.15) is 29.5 Å². The Bertz CT molecular complexity index is 977. The molecule has 3 aromatic carbocycles. The van der Waals surface area contributed by atoms with E-state index in [0.29, 0.717) is 23.1 Å². The van der Waals surface area contributed by atoms with Crippen molar-refractivity contribution in [3.63, 3.8) is 0 Å². The van der Waals surface area contributed by atoms with Crippen LogP contribution in [0.3, 0.4) is 0 Å². The lowest BCUT2D eigenvalue weighted by molar-refractivity contribution is -0.138. The summed E-state index contributed by atoms with van der Waals surface area (Å²) in [6.07, 6.45) is 1.73. The molecule has 0 radical (unpaired) electrons. The molecule has 0 bridgehead atoms. The molecule has 1 aliphatic rings. The van der Waals surface area contributed by atoms with E-state index < -0.39 is 0 Å². The lowest BCUT2D eigenvalue weighted by Crippen LogP contribution is -2.42. The first kappa shape index (κ1) is 22.8. The molecule has 1 aliphatic heterocycles. The molecule has 1 fully saturated rings. The zero-order valence-corrected chi connectivity index (χ0v) is 19.6. The first-order chi connectivity index (χ1) is 15.6. The van der Waals surface area contributed by atoms with Crippen molar-refractivity contribution in [2.24, 2.45) is 5.92 Å². The van der Waals surface area contributed by atoms with Gasteiger partial charge in [-0.25, -0.2) is 0 Å². The number of benzene rings is 3. The number of hydrogen-bond donors (Lipinski definition) is 0. The summed E-state index contributed by atoms with van der Waals surface area (Å²) in [5, 5.41) is 1.35. The second-order valence-electron chi connectivity index (χ2n) is 8.45. The maximum absolute atomic E-state index is 13.5. The predicted octanol–water partition coefficient (Wildman–Crippen LogP) is 6.43. The molecular weight excluding hydrogens is 439 g/mol. The zero-order valence-electron chi connectivity index (χ0n) is 18.1. The van der Waals surface area contributed by atoms with E-state index in [4.69, 9.17) is 23.2 Å². The van der Waals surface area contributed by atoms with Crippen molar-refractivity contribution in [2.45, 2.75) is 32.5 Å². The number of likely N-dealkylation sites (tertiary alicyclic amines) is 1. The molecule has 0 atom stereocenters. The second-order valence-corrected chi connectivity index (χ2v) is 9.30. The minimum Gasteiger partial charge on any atom is -0.334 e. The Kier molecular flexibility index (Phi) is 7.85. The molecule has 4 rings (SSSR count). The van der Waals surface area contributed by atoms with E-state index in [0.717, 1.165) is 49.2 Å². The summed E-state index contributed by atoms with van der Waals surface area (Å²) in [5.41, 5.74) is 3.40. The number of halogens is 2.